The number of aliphatic hydroxyl groups is 1. The number of fused-ring (bicyclic) bond motifs is 2. The molecule has 6 heteroatoms. The lowest BCUT2D eigenvalue weighted by Crippen LogP contribution is -2.51. The fraction of sp³-hybridized carbons (Fsp3) is 0.667. The lowest BCUT2D eigenvalue weighted by molar-refractivity contribution is -0.147. The van der Waals surface area contributed by atoms with Crippen LogP contribution in [0, 0.1) is 5.92 Å². The summed E-state index contributed by atoms with van der Waals surface area (Å²) in [7, 11) is 0. The molecule has 3 fully saturated rings. The van der Waals surface area contributed by atoms with Gasteiger partial charge in [0, 0.05) is 24.9 Å². The number of aliphatic hydroxyl groups excluding tert-OH is 1. The van der Waals surface area contributed by atoms with E-state index in [1.165, 1.54) is 0 Å². The Morgan fingerprint density at radius 3 is 2.88 bits per heavy atom. The number of aromatic nitrogens is 1. The molecule has 1 saturated heterocycles. The van der Waals surface area contributed by atoms with E-state index in [-0.39, 0.29) is 36.2 Å². The van der Waals surface area contributed by atoms with Crippen LogP contribution in [0.5, 0.6) is 0 Å². The van der Waals surface area contributed by atoms with Crippen LogP contribution >= 0.6 is 0 Å². The Bertz CT molecular complexity index is 576. The Morgan fingerprint density at radius 1 is 1.33 bits per heavy atom. The second kappa shape index (κ2) is 6.78. The molecule has 0 spiro atoms. The van der Waals surface area contributed by atoms with Crippen molar-refractivity contribution in [1.29, 1.82) is 0 Å². The van der Waals surface area contributed by atoms with Gasteiger partial charge in [0.1, 0.15) is 6.10 Å². The fourth-order valence-electron chi connectivity index (χ4n) is 4.08. The monoisotopic (exact) mass is 332 g/mol. The Balaban J connectivity index is 1.44. The standard InChI is InChI=1S/C18H24N2O4/c21-14-9-13(10-14)18(22)20-7-8-23-16-2-1-15(20)17(16)24-11-12-3-5-19-6-4-12/h3-6,13-17,21H,1-2,7-11H2. The van der Waals surface area contributed by atoms with E-state index in [2.05, 4.69) is 4.98 Å². The molecule has 1 N–H and O–H groups in total. The van der Waals surface area contributed by atoms with Gasteiger partial charge in [-0.1, -0.05) is 0 Å². The third-order valence-electron chi connectivity index (χ3n) is 5.49. The van der Waals surface area contributed by atoms with Crippen LogP contribution in [0.25, 0.3) is 0 Å². The number of amides is 1. The van der Waals surface area contributed by atoms with E-state index in [4.69, 9.17) is 9.47 Å². The minimum atomic E-state index is -0.308. The number of nitrogens with zero attached hydrogens (tertiary/aromatic N) is 2. The van der Waals surface area contributed by atoms with Crippen molar-refractivity contribution in [3.05, 3.63) is 30.1 Å². The highest BCUT2D eigenvalue weighted by Crippen LogP contribution is 2.36. The summed E-state index contributed by atoms with van der Waals surface area (Å²) < 4.78 is 12.1. The van der Waals surface area contributed by atoms with E-state index in [0.29, 0.717) is 32.6 Å². The topological polar surface area (TPSA) is 71.9 Å². The second-order valence-electron chi connectivity index (χ2n) is 7.04. The summed E-state index contributed by atoms with van der Waals surface area (Å²) in [6.45, 7) is 1.70. The summed E-state index contributed by atoms with van der Waals surface area (Å²) in [6, 6.07) is 3.97. The van der Waals surface area contributed by atoms with Crippen molar-refractivity contribution in [2.75, 3.05) is 13.2 Å². The molecule has 24 heavy (non-hydrogen) atoms. The Labute approximate surface area is 141 Å². The van der Waals surface area contributed by atoms with Gasteiger partial charge in [0.15, 0.2) is 0 Å². The number of carbonyl (C=O) groups is 1. The third kappa shape index (κ3) is 3.06. The van der Waals surface area contributed by atoms with E-state index < -0.39 is 0 Å². The molecule has 0 aromatic carbocycles. The molecule has 1 aromatic rings. The number of hydrogen-bond acceptors (Lipinski definition) is 5. The molecule has 130 valence electrons. The predicted molar refractivity (Wildman–Crippen MR) is 86.0 cm³/mol. The summed E-state index contributed by atoms with van der Waals surface area (Å²) >= 11 is 0. The van der Waals surface area contributed by atoms with Crippen molar-refractivity contribution in [3.8, 4) is 0 Å². The average molecular weight is 332 g/mol. The Hall–Kier alpha value is -1.50. The Kier molecular flexibility index (Phi) is 4.52. The van der Waals surface area contributed by atoms with E-state index in [1.807, 2.05) is 17.0 Å². The van der Waals surface area contributed by atoms with Gasteiger partial charge in [-0.3, -0.25) is 9.78 Å². The van der Waals surface area contributed by atoms with Crippen LogP contribution in [0.2, 0.25) is 0 Å². The largest absolute Gasteiger partial charge is 0.393 e. The first kappa shape index (κ1) is 16.0. The molecule has 1 aliphatic heterocycles. The average Bonchev–Trinajstić information content (AvgIpc) is 2.86. The first-order chi connectivity index (χ1) is 11.7. The first-order valence-electron chi connectivity index (χ1n) is 8.83. The van der Waals surface area contributed by atoms with Crippen LogP contribution in [-0.2, 0) is 20.9 Å². The van der Waals surface area contributed by atoms with Crippen molar-refractivity contribution in [2.45, 2.75) is 56.6 Å². The molecule has 4 rings (SSSR count). The first-order valence-corrected chi connectivity index (χ1v) is 8.83. The molecule has 1 aromatic heterocycles. The van der Waals surface area contributed by atoms with Gasteiger partial charge >= 0.3 is 0 Å². The number of rotatable bonds is 4. The quantitative estimate of drug-likeness (QED) is 0.895. The van der Waals surface area contributed by atoms with Crippen LogP contribution in [0.4, 0.5) is 0 Å². The molecule has 1 amide bonds. The SMILES string of the molecule is O=C(C1CC(O)C1)N1CCOC2CCC1C2OCc1ccncc1. The summed E-state index contributed by atoms with van der Waals surface area (Å²) in [4.78, 5) is 18.8. The van der Waals surface area contributed by atoms with Crippen LogP contribution in [0.15, 0.2) is 24.5 Å². The predicted octanol–water partition coefficient (Wildman–Crippen LogP) is 1.13. The molecule has 2 saturated carbocycles. The maximum Gasteiger partial charge on any atom is 0.226 e. The minimum Gasteiger partial charge on any atom is -0.393 e. The lowest BCUT2D eigenvalue weighted by Gasteiger charge is -2.38. The molecular weight excluding hydrogens is 308 g/mol. The van der Waals surface area contributed by atoms with Crippen molar-refractivity contribution < 1.29 is 19.4 Å². The Morgan fingerprint density at radius 2 is 2.12 bits per heavy atom. The molecular formula is C18H24N2O4. The molecule has 6 nitrogen and oxygen atoms in total. The van der Waals surface area contributed by atoms with Gasteiger partial charge < -0.3 is 19.5 Å². The molecule has 2 heterocycles. The van der Waals surface area contributed by atoms with Gasteiger partial charge in [0.05, 0.1) is 31.5 Å². The van der Waals surface area contributed by atoms with Crippen LogP contribution < -0.4 is 0 Å². The van der Waals surface area contributed by atoms with E-state index >= 15 is 0 Å². The normalized spacial score (nSPS) is 35.4. The van der Waals surface area contributed by atoms with Gasteiger partial charge in [-0.2, -0.15) is 0 Å². The molecule has 3 atom stereocenters. The molecule has 0 radical (unpaired) electrons. The molecule has 3 unspecified atom stereocenters. The van der Waals surface area contributed by atoms with Gasteiger partial charge in [0.2, 0.25) is 5.91 Å². The zero-order valence-corrected chi connectivity index (χ0v) is 13.7. The van der Waals surface area contributed by atoms with Crippen molar-refractivity contribution in [3.63, 3.8) is 0 Å². The van der Waals surface area contributed by atoms with Gasteiger partial charge in [-0.05, 0) is 43.4 Å². The molecule has 3 aliphatic rings. The van der Waals surface area contributed by atoms with E-state index in [1.54, 1.807) is 12.4 Å². The highest BCUT2D eigenvalue weighted by molar-refractivity contribution is 5.80. The zero-order chi connectivity index (χ0) is 16.5. The summed E-state index contributed by atoms with van der Waals surface area (Å²) in [5.41, 5.74) is 1.08. The van der Waals surface area contributed by atoms with E-state index in [0.717, 1.165) is 18.4 Å². The van der Waals surface area contributed by atoms with Crippen LogP contribution in [-0.4, -0.2) is 58.4 Å². The van der Waals surface area contributed by atoms with Crippen molar-refractivity contribution in [2.24, 2.45) is 5.92 Å². The van der Waals surface area contributed by atoms with Crippen molar-refractivity contribution in [1.82, 2.24) is 9.88 Å². The third-order valence-corrected chi connectivity index (χ3v) is 5.49. The fourth-order valence-corrected chi connectivity index (χ4v) is 4.08. The van der Waals surface area contributed by atoms with Gasteiger partial charge in [0.25, 0.3) is 0 Å². The second-order valence-corrected chi connectivity index (χ2v) is 7.04. The highest BCUT2D eigenvalue weighted by atomic mass is 16.5. The van der Waals surface area contributed by atoms with Gasteiger partial charge in [-0.25, -0.2) is 0 Å². The summed E-state index contributed by atoms with van der Waals surface area (Å²) in [6.07, 6.45) is 6.25. The van der Waals surface area contributed by atoms with Gasteiger partial charge in [-0.15, -0.1) is 0 Å². The number of pyridine rings is 1. The van der Waals surface area contributed by atoms with E-state index in [9.17, 15) is 9.90 Å². The number of hydrogen-bond donors (Lipinski definition) is 1. The summed E-state index contributed by atoms with van der Waals surface area (Å²) in [5, 5.41) is 9.49. The zero-order valence-electron chi connectivity index (χ0n) is 13.7. The maximum atomic E-state index is 12.8. The van der Waals surface area contributed by atoms with Crippen molar-refractivity contribution >= 4 is 5.91 Å². The minimum absolute atomic E-state index is 0.0296. The summed E-state index contributed by atoms with van der Waals surface area (Å²) in [5.74, 6) is 0.131. The van der Waals surface area contributed by atoms with Crippen LogP contribution in [0.1, 0.15) is 31.2 Å². The molecule has 2 aliphatic carbocycles. The smallest absolute Gasteiger partial charge is 0.226 e. The maximum absolute atomic E-state index is 12.8. The number of carbonyl (C=O) groups excluding carboxylic acids is 1. The van der Waals surface area contributed by atoms with Crippen LogP contribution in [0.3, 0.4) is 0 Å². The number of ether oxygens (including phenoxy) is 2. The molecule has 2 bridgehead atoms. The lowest BCUT2D eigenvalue weighted by atomic mass is 9.81. The highest BCUT2D eigenvalue weighted by Gasteiger charge is 2.47.